The van der Waals surface area contributed by atoms with Crippen molar-refractivity contribution in [2.45, 2.75) is 18.8 Å². The van der Waals surface area contributed by atoms with Crippen LogP contribution in [-0.4, -0.2) is 10.2 Å². The molecule has 0 aliphatic heterocycles. The molecule has 0 bridgehead atoms. The van der Waals surface area contributed by atoms with Gasteiger partial charge in [0.05, 0.1) is 0 Å². The number of phenols is 2. The molecule has 2 heteroatoms. The third-order valence-corrected chi connectivity index (χ3v) is 3.67. The van der Waals surface area contributed by atoms with Crippen molar-refractivity contribution in [3.63, 3.8) is 0 Å². The average Bonchev–Trinajstić information content (AvgIpc) is 2.44. The highest BCUT2D eigenvalue weighted by Gasteiger charge is 2.22. The minimum Gasteiger partial charge on any atom is -0.508 e. The average molecular weight is 252 g/mol. The molecule has 2 aromatic rings. The van der Waals surface area contributed by atoms with Crippen LogP contribution < -0.4 is 0 Å². The molecular weight excluding hydrogens is 236 g/mol. The molecule has 19 heavy (non-hydrogen) atoms. The fourth-order valence-corrected chi connectivity index (χ4v) is 2.75. The van der Waals surface area contributed by atoms with Gasteiger partial charge in [0.2, 0.25) is 0 Å². The van der Waals surface area contributed by atoms with E-state index in [4.69, 9.17) is 0 Å². The van der Waals surface area contributed by atoms with Crippen molar-refractivity contribution < 1.29 is 10.2 Å². The van der Waals surface area contributed by atoms with Crippen LogP contribution in [0.5, 0.6) is 11.5 Å². The van der Waals surface area contributed by atoms with Crippen molar-refractivity contribution in [1.29, 1.82) is 0 Å². The maximum atomic E-state index is 10.1. The minimum absolute atomic E-state index is 0.123. The van der Waals surface area contributed by atoms with E-state index in [0.717, 1.165) is 17.5 Å². The molecule has 2 aromatic carbocycles. The molecule has 0 fully saturated rings. The smallest absolute Gasteiger partial charge is 0.119 e. The Morgan fingerprint density at radius 3 is 2.47 bits per heavy atom. The van der Waals surface area contributed by atoms with Gasteiger partial charge < -0.3 is 10.2 Å². The Labute approximate surface area is 112 Å². The SMILES string of the molecule is Oc1ccc(O)c2c1CC=CC2Cc1ccccc1. The predicted octanol–water partition coefficient (Wildman–Crippen LogP) is 3.54. The van der Waals surface area contributed by atoms with Gasteiger partial charge >= 0.3 is 0 Å². The van der Waals surface area contributed by atoms with E-state index < -0.39 is 0 Å². The number of hydrogen-bond acceptors (Lipinski definition) is 2. The molecule has 0 aromatic heterocycles. The number of benzene rings is 2. The zero-order chi connectivity index (χ0) is 13.2. The minimum atomic E-state index is 0.123. The largest absolute Gasteiger partial charge is 0.508 e. The van der Waals surface area contributed by atoms with E-state index in [1.54, 1.807) is 12.1 Å². The Bertz CT molecular complexity index is 615. The van der Waals surface area contributed by atoms with Gasteiger partial charge in [-0.25, -0.2) is 0 Å². The van der Waals surface area contributed by atoms with Gasteiger partial charge in [-0.1, -0.05) is 42.5 Å². The van der Waals surface area contributed by atoms with E-state index in [1.165, 1.54) is 5.56 Å². The highest BCUT2D eigenvalue weighted by molar-refractivity contribution is 5.53. The summed E-state index contributed by atoms with van der Waals surface area (Å²) in [6, 6.07) is 13.3. The third-order valence-electron chi connectivity index (χ3n) is 3.67. The van der Waals surface area contributed by atoms with Crippen LogP contribution in [0.15, 0.2) is 54.6 Å². The topological polar surface area (TPSA) is 40.5 Å². The summed E-state index contributed by atoms with van der Waals surface area (Å²) in [6.07, 6.45) is 5.70. The first-order valence-corrected chi connectivity index (χ1v) is 6.50. The van der Waals surface area contributed by atoms with Gasteiger partial charge in [0.15, 0.2) is 0 Å². The summed E-state index contributed by atoms with van der Waals surface area (Å²) in [4.78, 5) is 0. The van der Waals surface area contributed by atoms with E-state index in [2.05, 4.69) is 24.3 Å². The number of phenolic OH excluding ortho intramolecular Hbond substituents is 2. The van der Waals surface area contributed by atoms with Crippen LogP contribution in [0.1, 0.15) is 22.6 Å². The van der Waals surface area contributed by atoms with Gasteiger partial charge in [0.25, 0.3) is 0 Å². The molecule has 1 atom stereocenters. The summed E-state index contributed by atoms with van der Waals surface area (Å²) >= 11 is 0. The Kier molecular flexibility index (Phi) is 3.00. The van der Waals surface area contributed by atoms with Crippen LogP contribution in [0, 0.1) is 0 Å². The molecule has 1 aliphatic carbocycles. The molecule has 0 amide bonds. The number of rotatable bonds is 2. The molecule has 1 aliphatic rings. The molecule has 3 rings (SSSR count). The maximum Gasteiger partial charge on any atom is 0.119 e. The lowest BCUT2D eigenvalue weighted by atomic mass is 9.83. The van der Waals surface area contributed by atoms with Crippen molar-refractivity contribution in [1.82, 2.24) is 0 Å². The summed E-state index contributed by atoms with van der Waals surface area (Å²) in [5.41, 5.74) is 2.95. The highest BCUT2D eigenvalue weighted by Crippen LogP contribution is 2.40. The van der Waals surface area contributed by atoms with Gasteiger partial charge in [-0.15, -0.1) is 0 Å². The van der Waals surface area contributed by atoms with Crippen LogP contribution >= 0.6 is 0 Å². The fourth-order valence-electron chi connectivity index (χ4n) is 2.75. The lowest BCUT2D eigenvalue weighted by molar-refractivity contribution is 0.445. The Morgan fingerprint density at radius 1 is 0.947 bits per heavy atom. The second-order valence-corrected chi connectivity index (χ2v) is 4.92. The molecule has 2 N–H and O–H groups in total. The second kappa shape index (κ2) is 4.81. The van der Waals surface area contributed by atoms with Gasteiger partial charge in [-0.3, -0.25) is 0 Å². The van der Waals surface area contributed by atoms with Gasteiger partial charge in [0.1, 0.15) is 11.5 Å². The van der Waals surface area contributed by atoms with Crippen molar-refractivity contribution in [3.05, 3.63) is 71.3 Å². The molecule has 96 valence electrons. The molecular formula is C17H16O2. The Balaban J connectivity index is 1.99. The van der Waals surface area contributed by atoms with Crippen molar-refractivity contribution in [3.8, 4) is 11.5 Å². The second-order valence-electron chi connectivity index (χ2n) is 4.92. The van der Waals surface area contributed by atoms with Crippen LogP contribution in [0.3, 0.4) is 0 Å². The molecule has 2 nitrogen and oxygen atoms in total. The normalized spacial score (nSPS) is 17.2. The first-order chi connectivity index (χ1) is 9.25. The summed E-state index contributed by atoms with van der Waals surface area (Å²) in [6.45, 7) is 0. The van der Waals surface area contributed by atoms with E-state index in [0.29, 0.717) is 6.42 Å². The van der Waals surface area contributed by atoms with Crippen LogP contribution in [0.2, 0.25) is 0 Å². The number of allylic oxidation sites excluding steroid dienone is 2. The predicted molar refractivity (Wildman–Crippen MR) is 75.5 cm³/mol. The summed E-state index contributed by atoms with van der Waals surface area (Å²) in [5.74, 6) is 0.673. The van der Waals surface area contributed by atoms with Crippen molar-refractivity contribution in [2.75, 3.05) is 0 Å². The first kappa shape index (κ1) is 11.8. The highest BCUT2D eigenvalue weighted by atomic mass is 16.3. The number of hydrogen-bond donors (Lipinski definition) is 2. The molecule has 0 radical (unpaired) electrons. The number of fused-ring (bicyclic) bond motifs is 1. The molecule has 1 unspecified atom stereocenters. The lowest BCUT2D eigenvalue weighted by Gasteiger charge is -2.23. The van der Waals surface area contributed by atoms with Gasteiger partial charge in [0, 0.05) is 17.0 Å². The molecule has 0 saturated heterocycles. The maximum absolute atomic E-state index is 10.1. The first-order valence-electron chi connectivity index (χ1n) is 6.50. The lowest BCUT2D eigenvalue weighted by Crippen LogP contribution is -2.08. The summed E-state index contributed by atoms with van der Waals surface area (Å²) in [7, 11) is 0. The van der Waals surface area contributed by atoms with E-state index >= 15 is 0 Å². The monoisotopic (exact) mass is 252 g/mol. The molecule has 0 saturated carbocycles. The third kappa shape index (κ3) is 2.22. The molecule has 0 heterocycles. The zero-order valence-corrected chi connectivity index (χ0v) is 10.6. The van der Waals surface area contributed by atoms with E-state index in [-0.39, 0.29) is 17.4 Å². The fraction of sp³-hybridized carbons (Fsp3) is 0.176. The van der Waals surface area contributed by atoms with Gasteiger partial charge in [-0.2, -0.15) is 0 Å². The van der Waals surface area contributed by atoms with Crippen molar-refractivity contribution in [2.24, 2.45) is 0 Å². The number of aromatic hydroxyl groups is 2. The quantitative estimate of drug-likeness (QED) is 0.634. The van der Waals surface area contributed by atoms with Crippen LogP contribution in [-0.2, 0) is 12.8 Å². The van der Waals surface area contributed by atoms with Crippen LogP contribution in [0.4, 0.5) is 0 Å². The van der Waals surface area contributed by atoms with E-state index in [9.17, 15) is 10.2 Å². The summed E-state index contributed by atoms with van der Waals surface area (Å²) in [5, 5.41) is 20.0. The van der Waals surface area contributed by atoms with E-state index in [1.807, 2.05) is 18.2 Å². The molecule has 0 spiro atoms. The summed E-state index contributed by atoms with van der Waals surface area (Å²) < 4.78 is 0. The Hall–Kier alpha value is -2.22. The Morgan fingerprint density at radius 2 is 1.68 bits per heavy atom. The van der Waals surface area contributed by atoms with Crippen LogP contribution in [0.25, 0.3) is 0 Å². The van der Waals surface area contributed by atoms with Gasteiger partial charge in [-0.05, 0) is 30.5 Å². The zero-order valence-electron chi connectivity index (χ0n) is 10.6. The standard InChI is InChI=1S/C17H16O2/c18-15-9-10-16(19)17-13(7-4-8-14(15)17)11-12-5-2-1-3-6-12/h1-7,9-10,13,18-19H,8,11H2. The van der Waals surface area contributed by atoms with Crippen molar-refractivity contribution >= 4 is 0 Å².